The molecule has 0 saturated carbocycles. The molecule has 0 aliphatic rings. The summed E-state index contributed by atoms with van der Waals surface area (Å²) in [5.41, 5.74) is 1.68. The van der Waals surface area contributed by atoms with Gasteiger partial charge in [0.2, 0.25) is 0 Å². The van der Waals surface area contributed by atoms with Gasteiger partial charge in [0.25, 0.3) is 0 Å². The molecular formula is C17H29NS. The Bertz CT molecular complexity index is 349. The minimum absolute atomic E-state index is 0.250. The topological polar surface area (TPSA) is 12.0 Å². The lowest BCUT2D eigenvalue weighted by atomic mass is 10.0. The van der Waals surface area contributed by atoms with E-state index in [2.05, 4.69) is 64.2 Å². The molecule has 0 spiro atoms. The van der Waals surface area contributed by atoms with Crippen molar-refractivity contribution in [2.75, 3.05) is 12.3 Å². The number of unbranched alkanes of at least 4 members (excludes halogenated alkanes) is 1. The zero-order valence-corrected chi connectivity index (χ0v) is 13.9. The van der Waals surface area contributed by atoms with Crippen molar-refractivity contribution in [3.63, 3.8) is 0 Å². The van der Waals surface area contributed by atoms with Gasteiger partial charge in [-0.15, -0.1) is 11.8 Å². The first kappa shape index (κ1) is 16.6. The van der Waals surface area contributed by atoms with Crippen LogP contribution in [0.5, 0.6) is 0 Å². The Hall–Kier alpha value is -0.470. The number of thioether (sulfide) groups is 1. The lowest BCUT2D eigenvalue weighted by molar-refractivity contribution is 0.421. The Morgan fingerprint density at radius 3 is 2.21 bits per heavy atom. The highest BCUT2D eigenvalue weighted by atomic mass is 32.2. The van der Waals surface area contributed by atoms with Crippen molar-refractivity contribution in [1.82, 2.24) is 5.32 Å². The fraction of sp³-hybridized carbons (Fsp3) is 0.647. The molecule has 1 nitrogen and oxygen atoms in total. The highest BCUT2D eigenvalue weighted by Crippen LogP contribution is 2.22. The molecule has 19 heavy (non-hydrogen) atoms. The van der Waals surface area contributed by atoms with E-state index in [0.717, 1.165) is 6.54 Å². The molecule has 0 bridgehead atoms. The molecule has 1 N–H and O–H groups in total. The summed E-state index contributed by atoms with van der Waals surface area (Å²) < 4.78 is 0. The molecule has 2 heteroatoms. The van der Waals surface area contributed by atoms with Gasteiger partial charge in [-0.2, -0.15) is 0 Å². The molecule has 0 aromatic heterocycles. The van der Waals surface area contributed by atoms with E-state index in [-0.39, 0.29) is 5.54 Å². The first-order valence-corrected chi connectivity index (χ1v) is 8.35. The van der Waals surface area contributed by atoms with Crippen molar-refractivity contribution in [3.05, 3.63) is 29.8 Å². The van der Waals surface area contributed by atoms with Gasteiger partial charge in [0.05, 0.1) is 0 Å². The summed E-state index contributed by atoms with van der Waals surface area (Å²) in [5, 5.41) is 3.53. The van der Waals surface area contributed by atoms with E-state index in [4.69, 9.17) is 0 Å². The van der Waals surface area contributed by atoms with Crippen LogP contribution < -0.4 is 5.32 Å². The lowest BCUT2D eigenvalue weighted by Crippen LogP contribution is -2.36. The van der Waals surface area contributed by atoms with Crippen LogP contribution in [-0.4, -0.2) is 17.8 Å². The van der Waals surface area contributed by atoms with Crippen LogP contribution in [0.25, 0.3) is 0 Å². The summed E-state index contributed by atoms with van der Waals surface area (Å²) in [6.45, 7) is 12.3. The molecule has 0 heterocycles. The average molecular weight is 279 g/mol. The first-order chi connectivity index (χ1) is 8.88. The third kappa shape index (κ3) is 7.64. The van der Waals surface area contributed by atoms with Gasteiger partial charge >= 0.3 is 0 Å². The molecule has 0 radical (unpaired) electrons. The molecule has 0 aliphatic heterocycles. The predicted octanol–water partition coefficient (Wildman–Crippen LogP) is 5.07. The van der Waals surface area contributed by atoms with E-state index >= 15 is 0 Å². The normalized spacial score (nSPS) is 12.1. The van der Waals surface area contributed by atoms with E-state index in [1.807, 2.05) is 11.8 Å². The van der Waals surface area contributed by atoms with Gasteiger partial charge in [0.1, 0.15) is 0 Å². The summed E-state index contributed by atoms with van der Waals surface area (Å²) in [7, 11) is 0. The summed E-state index contributed by atoms with van der Waals surface area (Å²) >= 11 is 1.97. The number of benzene rings is 1. The zero-order valence-electron chi connectivity index (χ0n) is 13.1. The first-order valence-electron chi connectivity index (χ1n) is 7.36. The molecule has 0 amide bonds. The Balaban J connectivity index is 2.16. The van der Waals surface area contributed by atoms with Gasteiger partial charge in [-0.1, -0.05) is 26.0 Å². The minimum atomic E-state index is 0.250. The largest absolute Gasteiger partial charge is 0.312 e. The Labute approximate surface area is 123 Å². The van der Waals surface area contributed by atoms with Crippen LogP contribution >= 0.6 is 11.8 Å². The monoisotopic (exact) mass is 279 g/mol. The third-order valence-electron chi connectivity index (χ3n) is 3.04. The summed E-state index contributed by atoms with van der Waals surface area (Å²) in [6.07, 6.45) is 2.54. The highest BCUT2D eigenvalue weighted by molar-refractivity contribution is 7.99. The maximum Gasteiger partial charge on any atom is 0.00965 e. The van der Waals surface area contributed by atoms with Crippen LogP contribution in [0.2, 0.25) is 0 Å². The highest BCUT2D eigenvalue weighted by Gasteiger charge is 2.06. The van der Waals surface area contributed by atoms with E-state index < -0.39 is 0 Å². The van der Waals surface area contributed by atoms with Crippen LogP contribution in [-0.2, 0) is 0 Å². The number of rotatable bonds is 7. The van der Waals surface area contributed by atoms with Crippen LogP contribution in [0.3, 0.4) is 0 Å². The third-order valence-corrected chi connectivity index (χ3v) is 4.14. The second kappa shape index (κ2) is 7.96. The Morgan fingerprint density at radius 1 is 1.05 bits per heavy atom. The molecule has 0 unspecified atom stereocenters. The van der Waals surface area contributed by atoms with Crippen LogP contribution in [0.1, 0.15) is 58.9 Å². The van der Waals surface area contributed by atoms with Gasteiger partial charge in [-0.3, -0.25) is 0 Å². The molecule has 0 atom stereocenters. The van der Waals surface area contributed by atoms with E-state index in [1.54, 1.807) is 0 Å². The summed E-state index contributed by atoms with van der Waals surface area (Å²) in [4.78, 5) is 1.40. The van der Waals surface area contributed by atoms with E-state index in [9.17, 15) is 0 Å². The van der Waals surface area contributed by atoms with E-state index in [1.165, 1.54) is 29.1 Å². The fourth-order valence-corrected chi connectivity index (χ4v) is 2.74. The number of nitrogens with one attached hydrogen (secondary N) is 1. The minimum Gasteiger partial charge on any atom is -0.312 e. The van der Waals surface area contributed by atoms with Crippen molar-refractivity contribution >= 4 is 11.8 Å². The van der Waals surface area contributed by atoms with Gasteiger partial charge in [0, 0.05) is 10.4 Å². The van der Waals surface area contributed by atoms with Gasteiger partial charge < -0.3 is 5.32 Å². The smallest absolute Gasteiger partial charge is 0.00965 e. The zero-order chi connectivity index (χ0) is 14.3. The quantitative estimate of drug-likeness (QED) is 0.552. The molecule has 0 saturated heterocycles. The molecule has 1 aromatic rings. The van der Waals surface area contributed by atoms with Crippen LogP contribution in [0.15, 0.2) is 29.2 Å². The lowest BCUT2D eigenvalue weighted by Gasteiger charge is -2.20. The van der Waals surface area contributed by atoms with Gasteiger partial charge in [-0.25, -0.2) is 0 Å². The maximum atomic E-state index is 3.53. The molecular weight excluding hydrogens is 250 g/mol. The number of hydrogen-bond donors (Lipinski definition) is 1. The van der Waals surface area contributed by atoms with Crippen molar-refractivity contribution < 1.29 is 0 Å². The summed E-state index contributed by atoms with van der Waals surface area (Å²) in [6, 6.07) is 9.03. The van der Waals surface area contributed by atoms with Crippen molar-refractivity contribution in [2.24, 2.45) is 0 Å². The van der Waals surface area contributed by atoms with Gasteiger partial charge in [0.15, 0.2) is 0 Å². The van der Waals surface area contributed by atoms with Gasteiger partial charge in [-0.05, 0) is 69.5 Å². The fourth-order valence-electron chi connectivity index (χ4n) is 1.83. The molecule has 1 aromatic carbocycles. The predicted molar refractivity (Wildman–Crippen MR) is 88.2 cm³/mol. The number of hydrogen-bond acceptors (Lipinski definition) is 2. The SMILES string of the molecule is CC(C)c1ccc(SCCCCNC(C)(C)C)cc1. The van der Waals surface area contributed by atoms with Crippen LogP contribution in [0.4, 0.5) is 0 Å². The molecule has 0 aliphatic carbocycles. The second-order valence-electron chi connectivity index (χ2n) is 6.46. The Morgan fingerprint density at radius 2 is 1.68 bits per heavy atom. The van der Waals surface area contributed by atoms with E-state index in [0.29, 0.717) is 5.92 Å². The molecule has 0 fully saturated rings. The molecule has 108 valence electrons. The van der Waals surface area contributed by atoms with Crippen molar-refractivity contribution in [3.8, 4) is 0 Å². The Kier molecular flexibility index (Phi) is 6.95. The standard InChI is InChI=1S/C17H29NS/c1-14(2)15-8-10-16(11-9-15)19-13-7-6-12-18-17(3,4)5/h8-11,14,18H,6-7,12-13H2,1-5H3. The average Bonchev–Trinajstić information content (AvgIpc) is 2.33. The summed E-state index contributed by atoms with van der Waals surface area (Å²) in [5.74, 6) is 1.84. The molecule has 1 rings (SSSR count). The van der Waals surface area contributed by atoms with Crippen molar-refractivity contribution in [2.45, 2.75) is 63.8 Å². The van der Waals surface area contributed by atoms with Crippen LogP contribution in [0, 0.1) is 0 Å². The maximum absolute atomic E-state index is 3.53. The van der Waals surface area contributed by atoms with Crippen molar-refractivity contribution in [1.29, 1.82) is 0 Å². The second-order valence-corrected chi connectivity index (χ2v) is 7.62.